The number of carbonyl (C=O) groups is 3. The molecule has 0 radical (unpaired) electrons. The zero-order valence-corrected chi connectivity index (χ0v) is 16.4. The maximum absolute atomic E-state index is 12.2. The fraction of sp³-hybridized carbons (Fsp3) is 0.571. The second-order valence-corrected chi connectivity index (χ2v) is 8.27. The summed E-state index contributed by atoms with van der Waals surface area (Å²) in [6.45, 7) is 6.14. The first-order valence-corrected chi connectivity index (χ1v) is 9.59. The van der Waals surface area contributed by atoms with Crippen molar-refractivity contribution in [2.45, 2.75) is 64.3 Å². The molecular formula is C21H30N2O4. The molecule has 0 aromatic heterocycles. The molecule has 1 aliphatic rings. The Labute approximate surface area is 160 Å². The van der Waals surface area contributed by atoms with Gasteiger partial charge in [-0.05, 0) is 36.0 Å². The first-order chi connectivity index (χ1) is 12.7. The molecule has 1 aromatic rings. The van der Waals surface area contributed by atoms with E-state index in [9.17, 15) is 19.5 Å². The maximum Gasteiger partial charge on any atom is 0.308 e. The first kappa shape index (κ1) is 20.9. The molecule has 1 fully saturated rings. The van der Waals surface area contributed by atoms with Gasteiger partial charge < -0.3 is 15.7 Å². The van der Waals surface area contributed by atoms with Crippen LogP contribution in [0.15, 0.2) is 24.3 Å². The number of rotatable bonds is 5. The lowest BCUT2D eigenvalue weighted by Crippen LogP contribution is -2.46. The number of aliphatic carboxylic acids is 1. The van der Waals surface area contributed by atoms with Gasteiger partial charge in [0, 0.05) is 11.6 Å². The number of nitrogens with one attached hydrogen (secondary N) is 2. The highest BCUT2D eigenvalue weighted by Gasteiger charge is 2.30. The SMILES string of the molecule is CC(C)(C)c1ccc(C(=O)NCC(=O)N[C@H]2CCCCC[C@H]2C(=O)O)cc1. The number of amides is 2. The number of hydrogen-bond donors (Lipinski definition) is 3. The van der Waals surface area contributed by atoms with Crippen LogP contribution in [0.4, 0.5) is 0 Å². The van der Waals surface area contributed by atoms with Crippen LogP contribution < -0.4 is 10.6 Å². The molecule has 2 rings (SSSR count). The van der Waals surface area contributed by atoms with E-state index >= 15 is 0 Å². The highest BCUT2D eigenvalue weighted by Crippen LogP contribution is 2.24. The van der Waals surface area contributed by atoms with Gasteiger partial charge in [-0.25, -0.2) is 0 Å². The predicted octanol–water partition coefficient (Wildman–Crippen LogP) is 2.86. The molecular weight excluding hydrogens is 344 g/mol. The van der Waals surface area contributed by atoms with Crippen LogP contribution in [0.5, 0.6) is 0 Å². The second kappa shape index (κ2) is 9.02. The third kappa shape index (κ3) is 6.08. The van der Waals surface area contributed by atoms with E-state index in [1.54, 1.807) is 12.1 Å². The van der Waals surface area contributed by atoms with Crippen molar-refractivity contribution < 1.29 is 19.5 Å². The minimum atomic E-state index is -0.870. The van der Waals surface area contributed by atoms with Crippen molar-refractivity contribution in [3.8, 4) is 0 Å². The molecule has 2 atom stereocenters. The van der Waals surface area contributed by atoms with Crippen molar-refractivity contribution in [1.29, 1.82) is 0 Å². The maximum atomic E-state index is 12.2. The van der Waals surface area contributed by atoms with Gasteiger partial charge in [-0.1, -0.05) is 52.2 Å². The fourth-order valence-corrected chi connectivity index (χ4v) is 3.42. The standard InChI is InChI=1S/C21H30N2O4/c1-21(2,3)15-11-9-14(10-12-15)19(25)22-13-18(24)23-17-8-6-4-5-7-16(17)20(26)27/h9-12,16-17H,4-8,13H2,1-3H3,(H,22,25)(H,23,24)(H,26,27)/t16-,17+/m1/s1. The number of carboxylic acid groups (broad SMARTS) is 1. The van der Waals surface area contributed by atoms with E-state index in [4.69, 9.17) is 0 Å². The van der Waals surface area contributed by atoms with Crippen molar-refractivity contribution in [3.05, 3.63) is 35.4 Å². The average Bonchev–Trinajstić information content (AvgIpc) is 2.84. The Morgan fingerprint density at radius 1 is 1.04 bits per heavy atom. The summed E-state index contributed by atoms with van der Waals surface area (Å²) in [5, 5.41) is 14.8. The summed E-state index contributed by atoms with van der Waals surface area (Å²) < 4.78 is 0. The lowest BCUT2D eigenvalue weighted by Gasteiger charge is -2.23. The first-order valence-electron chi connectivity index (χ1n) is 9.59. The molecule has 0 unspecified atom stereocenters. The Kier molecular flexibility index (Phi) is 6.99. The molecule has 0 heterocycles. The molecule has 1 saturated carbocycles. The molecule has 0 bridgehead atoms. The van der Waals surface area contributed by atoms with Gasteiger partial charge in [0.05, 0.1) is 12.5 Å². The van der Waals surface area contributed by atoms with Crippen LogP contribution in [0.3, 0.4) is 0 Å². The number of carbonyl (C=O) groups excluding carboxylic acids is 2. The van der Waals surface area contributed by atoms with E-state index in [1.807, 2.05) is 12.1 Å². The van der Waals surface area contributed by atoms with Gasteiger partial charge >= 0.3 is 5.97 Å². The van der Waals surface area contributed by atoms with Crippen molar-refractivity contribution in [2.75, 3.05) is 6.54 Å². The molecule has 6 nitrogen and oxygen atoms in total. The lowest BCUT2D eigenvalue weighted by molar-refractivity contribution is -0.143. The van der Waals surface area contributed by atoms with E-state index in [1.165, 1.54) is 0 Å². The minimum Gasteiger partial charge on any atom is -0.481 e. The van der Waals surface area contributed by atoms with Crippen molar-refractivity contribution in [2.24, 2.45) is 5.92 Å². The van der Waals surface area contributed by atoms with Crippen molar-refractivity contribution >= 4 is 17.8 Å². The Bertz CT molecular complexity index is 676. The van der Waals surface area contributed by atoms with E-state index in [0.717, 1.165) is 24.8 Å². The van der Waals surface area contributed by atoms with Crippen molar-refractivity contribution in [3.63, 3.8) is 0 Å². The topological polar surface area (TPSA) is 95.5 Å². The fourth-order valence-electron chi connectivity index (χ4n) is 3.42. The monoisotopic (exact) mass is 374 g/mol. The zero-order chi connectivity index (χ0) is 20.0. The predicted molar refractivity (Wildman–Crippen MR) is 104 cm³/mol. The summed E-state index contributed by atoms with van der Waals surface area (Å²) in [5.74, 6) is -2.10. The Morgan fingerprint density at radius 3 is 2.26 bits per heavy atom. The average molecular weight is 374 g/mol. The van der Waals surface area contributed by atoms with Gasteiger partial charge in [0.15, 0.2) is 0 Å². The van der Waals surface area contributed by atoms with Crippen LogP contribution >= 0.6 is 0 Å². The Morgan fingerprint density at radius 2 is 1.67 bits per heavy atom. The normalized spacial score (nSPS) is 20.4. The second-order valence-electron chi connectivity index (χ2n) is 8.27. The largest absolute Gasteiger partial charge is 0.481 e. The summed E-state index contributed by atoms with van der Waals surface area (Å²) in [6.07, 6.45) is 3.99. The van der Waals surface area contributed by atoms with Gasteiger partial charge in [0.2, 0.25) is 5.91 Å². The molecule has 6 heteroatoms. The third-order valence-electron chi connectivity index (χ3n) is 5.10. The van der Waals surface area contributed by atoms with Crippen LogP contribution in [0.1, 0.15) is 68.8 Å². The van der Waals surface area contributed by atoms with Gasteiger partial charge in [0.1, 0.15) is 0 Å². The lowest BCUT2D eigenvalue weighted by atomic mass is 9.87. The molecule has 148 valence electrons. The number of benzene rings is 1. The Balaban J connectivity index is 1.88. The number of hydrogen-bond acceptors (Lipinski definition) is 3. The smallest absolute Gasteiger partial charge is 0.308 e. The van der Waals surface area contributed by atoms with Crippen LogP contribution in [-0.2, 0) is 15.0 Å². The minimum absolute atomic E-state index is 0.00822. The summed E-state index contributed by atoms with van der Waals surface area (Å²) >= 11 is 0. The van der Waals surface area contributed by atoms with Crippen LogP contribution in [0.2, 0.25) is 0 Å². The highest BCUT2D eigenvalue weighted by molar-refractivity contribution is 5.96. The van der Waals surface area contributed by atoms with Gasteiger partial charge in [-0.3, -0.25) is 14.4 Å². The number of carboxylic acids is 1. The molecule has 1 aromatic carbocycles. The van der Waals surface area contributed by atoms with Gasteiger partial charge in [-0.2, -0.15) is 0 Å². The zero-order valence-electron chi connectivity index (χ0n) is 16.4. The highest BCUT2D eigenvalue weighted by atomic mass is 16.4. The molecule has 0 saturated heterocycles. The summed E-state index contributed by atoms with van der Waals surface area (Å²) in [4.78, 5) is 35.9. The van der Waals surface area contributed by atoms with Gasteiger partial charge in [0.25, 0.3) is 5.91 Å². The summed E-state index contributed by atoms with van der Waals surface area (Å²) in [5.41, 5.74) is 1.63. The third-order valence-corrected chi connectivity index (χ3v) is 5.10. The summed E-state index contributed by atoms with van der Waals surface area (Å²) in [7, 11) is 0. The van der Waals surface area contributed by atoms with Gasteiger partial charge in [-0.15, -0.1) is 0 Å². The van der Waals surface area contributed by atoms with E-state index < -0.39 is 11.9 Å². The van der Waals surface area contributed by atoms with Crippen LogP contribution in [0.25, 0.3) is 0 Å². The van der Waals surface area contributed by atoms with E-state index in [0.29, 0.717) is 18.4 Å². The van der Waals surface area contributed by atoms with Crippen LogP contribution in [0, 0.1) is 5.92 Å². The molecule has 2 amide bonds. The van der Waals surface area contributed by atoms with Crippen LogP contribution in [-0.4, -0.2) is 35.5 Å². The van der Waals surface area contributed by atoms with E-state index in [-0.39, 0.29) is 29.8 Å². The molecule has 0 spiro atoms. The summed E-state index contributed by atoms with van der Waals surface area (Å²) in [6, 6.07) is 6.95. The molecule has 0 aliphatic heterocycles. The molecule has 1 aliphatic carbocycles. The quantitative estimate of drug-likeness (QED) is 0.691. The Hall–Kier alpha value is -2.37. The molecule has 27 heavy (non-hydrogen) atoms. The van der Waals surface area contributed by atoms with E-state index in [2.05, 4.69) is 31.4 Å². The van der Waals surface area contributed by atoms with Crippen molar-refractivity contribution in [1.82, 2.24) is 10.6 Å². The molecule has 3 N–H and O–H groups in total.